The molecule has 21 heavy (non-hydrogen) atoms. The van der Waals surface area contributed by atoms with Crippen molar-refractivity contribution in [3.05, 3.63) is 12.2 Å². The lowest BCUT2D eigenvalue weighted by Crippen LogP contribution is -2.59. The van der Waals surface area contributed by atoms with E-state index < -0.39 is 18.1 Å². The van der Waals surface area contributed by atoms with E-state index in [1.165, 1.54) is 13.2 Å². The van der Waals surface area contributed by atoms with Crippen LogP contribution in [0.2, 0.25) is 0 Å². The molecule has 0 unspecified atom stereocenters. The lowest BCUT2D eigenvalue weighted by atomic mass is 10.00. The summed E-state index contributed by atoms with van der Waals surface area (Å²) in [7, 11) is 1.28. The first kappa shape index (κ1) is 17.0. The van der Waals surface area contributed by atoms with Crippen LogP contribution in [-0.2, 0) is 14.3 Å². The Balaban J connectivity index is 2.63. The average molecular weight is 298 g/mol. The van der Waals surface area contributed by atoms with Crippen LogP contribution in [0.15, 0.2) is 12.2 Å². The third-order valence-corrected chi connectivity index (χ3v) is 3.29. The summed E-state index contributed by atoms with van der Waals surface area (Å²) >= 11 is 0. The molecule has 1 rings (SSSR count). The van der Waals surface area contributed by atoms with Crippen LogP contribution in [0.5, 0.6) is 0 Å². The highest BCUT2D eigenvalue weighted by molar-refractivity contribution is 5.87. The molecule has 1 heterocycles. The second-order valence-electron chi connectivity index (χ2n) is 5.41. The van der Waals surface area contributed by atoms with E-state index in [0.29, 0.717) is 25.3 Å². The summed E-state index contributed by atoms with van der Waals surface area (Å²) in [5.41, 5.74) is 0. The summed E-state index contributed by atoms with van der Waals surface area (Å²) in [6.07, 6.45) is 2.93. The van der Waals surface area contributed by atoms with Crippen LogP contribution in [-0.4, -0.2) is 53.7 Å². The summed E-state index contributed by atoms with van der Waals surface area (Å²) in [6.45, 7) is 4.37. The second kappa shape index (κ2) is 7.66. The number of nitrogens with zero attached hydrogens (tertiary/aromatic N) is 1. The van der Waals surface area contributed by atoms with Gasteiger partial charge in [0.2, 0.25) is 5.91 Å². The Hall–Kier alpha value is -2.05. The maximum Gasteiger partial charge on any atom is 0.407 e. The van der Waals surface area contributed by atoms with Crippen molar-refractivity contribution in [1.82, 2.24) is 10.2 Å². The van der Waals surface area contributed by atoms with E-state index in [2.05, 4.69) is 10.1 Å². The standard InChI is InChI=1S/C14H22N2O5/c1-9(2)8-10(4-5-12(17)21-3)15-13(18)11-6-7-16(11)14(19)20/h4-5,9-11H,6-8H2,1-3H3,(H,15,18)(H,19,20)/b5-4+/t10-,11+/m1/s1. The van der Waals surface area contributed by atoms with E-state index in [-0.39, 0.29) is 11.9 Å². The molecular weight excluding hydrogens is 276 g/mol. The normalized spacial score (nSPS) is 19.2. The molecule has 2 amide bonds. The third-order valence-electron chi connectivity index (χ3n) is 3.29. The molecule has 118 valence electrons. The first-order valence-electron chi connectivity index (χ1n) is 6.91. The van der Waals surface area contributed by atoms with Gasteiger partial charge in [0, 0.05) is 18.7 Å². The fourth-order valence-electron chi connectivity index (χ4n) is 2.12. The van der Waals surface area contributed by atoms with Gasteiger partial charge in [-0.3, -0.25) is 9.69 Å². The van der Waals surface area contributed by atoms with E-state index in [4.69, 9.17) is 5.11 Å². The van der Waals surface area contributed by atoms with Crippen LogP contribution in [0.3, 0.4) is 0 Å². The molecule has 0 radical (unpaired) electrons. The van der Waals surface area contributed by atoms with Gasteiger partial charge in [0.05, 0.1) is 7.11 Å². The van der Waals surface area contributed by atoms with Crippen LogP contribution in [0, 0.1) is 5.92 Å². The Morgan fingerprint density at radius 1 is 1.43 bits per heavy atom. The lowest BCUT2D eigenvalue weighted by Gasteiger charge is -2.38. The Morgan fingerprint density at radius 2 is 2.10 bits per heavy atom. The number of carbonyl (C=O) groups is 3. The third kappa shape index (κ3) is 5.09. The topological polar surface area (TPSA) is 95.9 Å². The van der Waals surface area contributed by atoms with E-state index in [1.54, 1.807) is 6.08 Å². The van der Waals surface area contributed by atoms with Crippen LogP contribution >= 0.6 is 0 Å². The monoisotopic (exact) mass is 298 g/mol. The molecule has 1 aliphatic rings. The Bertz CT molecular complexity index is 433. The number of hydrogen-bond acceptors (Lipinski definition) is 4. The van der Waals surface area contributed by atoms with Crippen LogP contribution < -0.4 is 5.32 Å². The highest BCUT2D eigenvalue weighted by atomic mass is 16.5. The van der Waals surface area contributed by atoms with Gasteiger partial charge in [-0.15, -0.1) is 0 Å². The van der Waals surface area contributed by atoms with Crippen molar-refractivity contribution in [2.75, 3.05) is 13.7 Å². The Morgan fingerprint density at radius 3 is 2.52 bits per heavy atom. The summed E-state index contributed by atoms with van der Waals surface area (Å²) in [6, 6.07) is -0.962. The molecule has 2 N–H and O–H groups in total. The van der Waals surface area contributed by atoms with Gasteiger partial charge >= 0.3 is 12.1 Å². The fourth-order valence-corrected chi connectivity index (χ4v) is 2.12. The predicted octanol–water partition coefficient (Wildman–Crippen LogP) is 0.999. The van der Waals surface area contributed by atoms with Crippen LogP contribution in [0.1, 0.15) is 26.7 Å². The van der Waals surface area contributed by atoms with Crippen LogP contribution in [0.25, 0.3) is 0 Å². The van der Waals surface area contributed by atoms with E-state index in [1.807, 2.05) is 13.8 Å². The molecule has 1 aliphatic heterocycles. The molecule has 7 heteroatoms. The number of likely N-dealkylation sites (tertiary alicyclic amines) is 1. The minimum atomic E-state index is -1.09. The van der Waals surface area contributed by atoms with E-state index in [9.17, 15) is 14.4 Å². The smallest absolute Gasteiger partial charge is 0.407 e. The summed E-state index contributed by atoms with van der Waals surface area (Å²) in [5, 5.41) is 11.7. The van der Waals surface area contributed by atoms with Gasteiger partial charge in [-0.2, -0.15) is 0 Å². The zero-order chi connectivity index (χ0) is 16.0. The molecule has 0 saturated carbocycles. The zero-order valence-corrected chi connectivity index (χ0v) is 12.5. The number of hydrogen-bond donors (Lipinski definition) is 2. The van der Waals surface area contributed by atoms with Crippen molar-refractivity contribution in [2.45, 2.75) is 38.8 Å². The number of nitrogens with one attached hydrogen (secondary N) is 1. The van der Waals surface area contributed by atoms with Gasteiger partial charge in [0.25, 0.3) is 0 Å². The highest BCUT2D eigenvalue weighted by Crippen LogP contribution is 2.18. The number of rotatable bonds is 6. The lowest BCUT2D eigenvalue weighted by molar-refractivity contribution is -0.135. The number of ether oxygens (including phenoxy) is 1. The minimum Gasteiger partial charge on any atom is -0.466 e. The van der Waals surface area contributed by atoms with Gasteiger partial charge in [0.1, 0.15) is 6.04 Å². The second-order valence-corrected chi connectivity index (χ2v) is 5.41. The maximum atomic E-state index is 12.1. The molecule has 1 fully saturated rings. The quantitative estimate of drug-likeness (QED) is 0.563. The van der Waals surface area contributed by atoms with Gasteiger partial charge < -0.3 is 15.2 Å². The van der Waals surface area contributed by atoms with Crippen molar-refractivity contribution < 1.29 is 24.2 Å². The zero-order valence-electron chi connectivity index (χ0n) is 12.5. The molecule has 0 aromatic rings. The van der Waals surface area contributed by atoms with E-state index >= 15 is 0 Å². The van der Waals surface area contributed by atoms with Crippen molar-refractivity contribution in [3.63, 3.8) is 0 Å². The van der Waals surface area contributed by atoms with Gasteiger partial charge in [-0.25, -0.2) is 9.59 Å². The van der Waals surface area contributed by atoms with Crippen molar-refractivity contribution >= 4 is 18.0 Å². The number of esters is 1. The minimum absolute atomic E-state index is 0.314. The van der Waals surface area contributed by atoms with Gasteiger partial charge in [0.15, 0.2) is 0 Å². The van der Waals surface area contributed by atoms with Crippen molar-refractivity contribution in [2.24, 2.45) is 5.92 Å². The Kier molecular flexibility index (Phi) is 6.20. The molecule has 7 nitrogen and oxygen atoms in total. The molecule has 0 bridgehead atoms. The Labute approximate surface area is 123 Å². The molecule has 0 spiro atoms. The number of carbonyl (C=O) groups excluding carboxylic acids is 2. The predicted molar refractivity (Wildman–Crippen MR) is 75.7 cm³/mol. The number of methoxy groups -OCH3 is 1. The van der Waals surface area contributed by atoms with E-state index in [0.717, 1.165) is 4.90 Å². The molecule has 0 aromatic carbocycles. The van der Waals surface area contributed by atoms with Gasteiger partial charge in [-0.1, -0.05) is 19.9 Å². The summed E-state index contributed by atoms with van der Waals surface area (Å²) in [4.78, 5) is 35.2. The largest absolute Gasteiger partial charge is 0.466 e. The maximum absolute atomic E-state index is 12.1. The fraction of sp³-hybridized carbons (Fsp3) is 0.643. The van der Waals surface area contributed by atoms with Gasteiger partial charge in [-0.05, 0) is 18.8 Å². The SMILES string of the molecule is COC(=O)/C=C/[C@H](CC(C)C)NC(=O)[C@@H]1CCN1C(=O)O. The molecule has 2 atom stereocenters. The van der Waals surface area contributed by atoms with Crippen molar-refractivity contribution in [1.29, 1.82) is 0 Å². The average Bonchev–Trinajstić information content (AvgIpc) is 2.32. The number of carboxylic acid groups (broad SMARTS) is 1. The summed E-state index contributed by atoms with van der Waals surface area (Å²) in [5.74, 6) is -0.507. The number of amides is 2. The first-order chi connectivity index (χ1) is 9.85. The molecule has 0 aromatic heterocycles. The molecular formula is C14H22N2O5. The summed E-state index contributed by atoms with van der Waals surface area (Å²) < 4.78 is 4.51. The first-order valence-corrected chi connectivity index (χ1v) is 6.91. The van der Waals surface area contributed by atoms with Crippen LogP contribution in [0.4, 0.5) is 4.79 Å². The van der Waals surface area contributed by atoms with Crippen molar-refractivity contribution in [3.8, 4) is 0 Å². The highest BCUT2D eigenvalue weighted by Gasteiger charge is 2.38. The molecule has 0 aliphatic carbocycles. The molecule has 1 saturated heterocycles.